The Hall–Kier alpha value is -1.30. The first kappa shape index (κ1) is 8.79. The molecule has 1 aromatic carbocycles. The van der Waals surface area contributed by atoms with Crippen LogP contribution in [0.15, 0.2) is 54.6 Å². The van der Waals surface area contributed by atoms with E-state index in [1.165, 1.54) is 5.56 Å². The fraction of sp³-hybridized carbons (Fsp3) is 0.167. The van der Waals surface area contributed by atoms with E-state index in [1.54, 1.807) is 0 Å². The van der Waals surface area contributed by atoms with E-state index in [4.69, 9.17) is 0 Å². The molecule has 0 bridgehead atoms. The standard InChI is InChI=1S/C12H14/c1-11(2)7-6-10-12-8-4-3-5-9-12/h3-9H,1,10H2,2H3. The van der Waals surface area contributed by atoms with E-state index >= 15 is 0 Å². The van der Waals surface area contributed by atoms with E-state index < -0.39 is 0 Å². The summed E-state index contributed by atoms with van der Waals surface area (Å²) in [5.74, 6) is 0. The number of hydrogen-bond acceptors (Lipinski definition) is 0. The van der Waals surface area contributed by atoms with Crippen molar-refractivity contribution in [3.63, 3.8) is 0 Å². The molecule has 0 aliphatic rings. The van der Waals surface area contributed by atoms with Gasteiger partial charge in [0, 0.05) is 0 Å². The lowest BCUT2D eigenvalue weighted by atomic mass is 10.1. The molecule has 0 atom stereocenters. The first-order chi connectivity index (χ1) is 5.79. The van der Waals surface area contributed by atoms with Crippen molar-refractivity contribution in [1.82, 2.24) is 0 Å². The van der Waals surface area contributed by atoms with Gasteiger partial charge in [-0.3, -0.25) is 0 Å². The van der Waals surface area contributed by atoms with E-state index in [0.717, 1.165) is 12.0 Å². The van der Waals surface area contributed by atoms with Crippen molar-refractivity contribution < 1.29 is 0 Å². The zero-order valence-corrected chi connectivity index (χ0v) is 7.46. The average Bonchev–Trinajstić information content (AvgIpc) is 2.05. The van der Waals surface area contributed by atoms with Crippen molar-refractivity contribution in [3.05, 3.63) is 60.2 Å². The molecule has 0 radical (unpaired) electrons. The molecule has 0 amide bonds. The quantitative estimate of drug-likeness (QED) is 0.592. The SMILES string of the molecule is C=C(C)C=CCc1ccccc1. The molecule has 0 N–H and O–H groups in total. The largest absolute Gasteiger partial charge is 0.0961 e. The molecule has 0 saturated heterocycles. The molecule has 0 fully saturated rings. The van der Waals surface area contributed by atoms with Gasteiger partial charge in [0.05, 0.1) is 0 Å². The molecule has 12 heavy (non-hydrogen) atoms. The van der Waals surface area contributed by atoms with Crippen LogP contribution in [0, 0.1) is 0 Å². The van der Waals surface area contributed by atoms with Crippen molar-refractivity contribution in [2.75, 3.05) is 0 Å². The lowest BCUT2D eigenvalue weighted by molar-refractivity contribution is 1.26. The Morgan fingerprint density at radius 1 is 1.33 bits per heavy atom. The lowest BCUT2D eigenvalue weighted by Crippen LogP contribution is -1.78. The molecule has 0 nitrogen and oxygen atoms in total. The van der Waals surface area contributed by atoms with Crippen LogP contribution in [0.1, 0.15) is 12.5 Å². The van der Waals surface area contributed by atoms with Gasteiger partial charge in [0.25, 0.3) is 0 Å². The topological polar surface area (TPSA) is 0 Å². The Labute approximate surface area is 74.2 Å². The van der Waals surface area contributed by atoms with Crippen LogP contribution in [0.3, 0.4) is 0 Å². The van der Waals surface area contributed by atoms with Gasteiger partial charge in [0.15, 0.2) is 0 Å². The molecule has 0 aliphatic carbocycles. The highest BCUT2D eigenvalue weighted by Crippen LogP contribution is 2.01. The smallest absolute Gasteiger partial charge is 0.00942 e. The molecular formula is C12H14. The number of hydrogen-bond donors (Lipinski definition) is 0. The number of allylic oxidation sites excluding steroid dienone is 3. The molecule has 0 aliphatic heterocycles. The Morgan fingerprint density at radius 3 is 2.58 bits per heavy atom. The van der Waals surface area contributed by atoms with Crippen molar-refractivity contribution in [3.8, 4) is 0 Å². The third-order valence-electron chi connectivity index (χ3n) is 1.60. The summed E-state index contributed by atoms with van der Waals surface area (Å²) < 4.78 is 0. The lowest BCUT2D eigenvalue weighted by Gasteiger charge is -1.93. The molecule has 0 saturated carbocycles. The second-order valence-electron chi connectivity index (χ2n) is 2.94. The van der Waals surface area contributed by atoms with Crippen molar-refractivity contribution in [1.29, 1.82) is 0 Å². The summed E-state index contributed by atoms with van der Waals surface area (Å²) in [5.41, 5.74) is 2.45. The van der Waals surface area contributed by atoms with E-state index in [2.05, 4.69) is 36.9 Å². The van der Waals surface area contributed by atoms with Crippen LogP contribution in [-0.2, 0) is 6.42 Å². The summed E-state index contributed by atoms with van der Waals surface area (Å²) in [4.78, 5) is 0. The van der Waals surface area contributed by atoms with Crippen molar-refractivity contribution in [2.24, 2.45) is 0 Å². The summed E-state index contributed by atoms with van der Waals surface area (Å²) in [6, 6.07) is 10.4. The fourth-order valence-electron chi connectivity index (χ4n) is 1.01. The first-order valence-corrected chi connectivity index (χ1v) is 4.15. The Balaban J connectivity index is 2.49. The Bertz CT molecular complexity index is 267. The third kappa shape index (κ3) is 3.20. The van der Waals surface area contributed by atoms with Crippen molar-refractivity contribution in [2.45, 2.75) is 13.3 Å². The molecule has 0 heteroatoms. The molecule has 1 aromatic rings. The average molecular weight is 158 g/mol. The second-order valence-corrected chi connectivity index (χ2v) is 2.94. The zero-order valence-electron chi connectivity index (χ0n) is 7.46. The second kappa shape index (κ2) is 4.55. The van der Waals surface area contributed by atoms with Crippen LogP contribution in [0.5, 0.6) is 0 Å². The van der Waals surface area contributed by atoms with Gasteiger partial charge in [-0.2, -0.15) is 0 Å². The van der Waals surface area contributed by atoms with Crippen LogP contribution < -0.4 is 0 Å². The van der Waals surface area contributed by atoms with Gasteiger partial charge in [0.1, 0.15) is 0 Å². The van der Waals surface area contributed by atoms with Crippen molar-refractivity contribution >= 4 is 0 Å². The minimum Gasteiger partial charge on any atom is -0.0961 e. The predicted octanol–water partition coefficient (Wildman–Crippen LogP) is 3.36. The maximum atomic E-state index is 3.80. The van der Waals surface area contributed by atoms with Gasteiger partial charge < -0.3 is 0 Å². The zero-order chi connectivity index (χ0) is 8.81. The van der Waals surface area contributed by atoms with Crippen LogP contribution in [0.25, 0.3) is 0 Å². The number of benzene rings is 1. The van der Waals surface area contributed by atoms with E-state index in [9.17, 15) is 0 Å². The Kier molecular flexibility index (Phi) is 3.34. The minimum absolute atomic E-state index is 0.994. The van der Waals surface area contributed by atoms with Crippen LogP contribution in [0.4, 0.5) is 0 Å². The van der Waals surface area contributed by atoms with E-state index in [0.29, 0.717) is 0 Å². The maximum Gasteiger partial charge on any atom is -0.00942 e. The predicted molar refractivity (Wildman–Crippen MR) is 54.1 cm³/mol. The van der Waals surface area contributed by atoms with Crippen LogP contribution in [-0.4, -0.2) is 0 Å². The van der Waals surface area contributed by atoms with Gasteiger partial charge in [-0.25, -0.2) is 0 Å². The summed E-state index contributed by atoms with van der Waals surface area (Å²) in [5, 5.41) is 0. The van der Waals surface area contributed by atoms with Crippen LogP contribution in [0.2, 0.25) is 0 Å². The van der Waals surface area contributed by atoms with Gasteiger partial charge in [-0.1, -0.05) is 54.6 Å². The van der Waals surface area contributed by atoms with Gasteiger partial charge in [-0.15, -0.1) is 0 Å². The molecule has 0 aromatic heterocycles. The summed E-state index contributed by atoms with van der Waals surface area (Å²) >= 11 is 0. The minimum atomic E-state index is 0.994. The maximum absolute atomic E-state index is 3.80. The number of rotatable bonds is 3. The molecule has 0 spiro atoms. The fourth-order valence-corrected chi connectivity index (χ4v) is 1.01. The molecular weight excluding hydrogens is 144 g/mol. The highest BCUT2D eigenvalue weighted by molar-refractivity contribution is 5.20. The molecule has 0 heterocycles. The van der Waals surface area contributed by atoms with E-state index in [-0.39, 0.29) is 0 Å². The first-order valence-electron chi connectivity index (χ1n) is 4.15. The summed E-state index contributed by atoms with van der Waals surface area (Å²) in [7, 11) is 0. The molecule has 1 rings (SSSR count). The molecule has 0 unspecified atom stereocenters. The summed E-state index contributed by atoms with van der Waals surface area (Å²) in [6.07, 6.45) is 5.18. The van der Waals surface area contributed by atoms with Gasteiger partial charge in [-0.05, 0) is 18.9 Å². The van der Waals surface area contributed by atoms with Gasteiger partial charge >= 0.3 is 0 Å². The monoisotopic (exact) mass is 158 g/mol. The van der Waals surface area contributed by atoms with E-state index in [1.807, 2.05) is 19.1 Å². The summed E-state index contributed by atoms with van der Waals surface area (Å²) in [6.45, 7) is 5.80. The third-order valence-corrected chi connectivity index (χ3v) is 1.60. The van der Waals surface area contributed by atoms with Gasteiger partial charge in [0.2, 0.25) is 0 Å². The molecule has 62 valence electrons. The Morgan fingerprint density at radius 2 is 2.00 bits per heavy atom. The highest BCUT2D eigenvalue weighted by Gasteiger charge is 1.84. The highest BCUT2D eigenvalue weighted by atomic mass is 13.9. The normalized spacial score (nSPS) is 10.4. The van der Waals surface area contributed by atoms with Crippen LogP contribution >= 0.6 is 0 Å².